The SMILES string of the molecule is OCC(OSO)C(O)COS. The Labute approximate surface area is 74.3 Å². The minimum absolute atomic E-state index is 0.0745. The van der Waals surface area contributed by atoms with Crippen LogP contribution in [0, 0.1) is 0 Å². The van der Waals surface area contributed by atoms with E-state index in [-0.39, 0.29) is 18.9 Å². The van der Waals surface area contributed by atoms with Gasteiger partial charge >= 0.3 is 0 Å². The first-order valence-corrected chi connectivity index (χ1v) is 3.84. The first-order chi connectivity index (χ1) is 5.26. The van der Waals surface area contributed by atoms with Crippen molar-refractivity contribution in [3.8, 4) is 0 Å². The van der Waals surface area contributed by atoms with Gasteiger partial charge in [0.2, 0.25) is 0 Å². The molecule has 0 aliphatic rings. The lowest BCUT2D eigenvalue weighted by Crippen LogP contribution is -2.33. The van der Waals surface area contributed by atoms with Gasteiger partial charge in [-0.05, 0) is 12.9 Å². The van der Waals surface area contributed by atoms with Crippen molar-refractivity contribution in [2.24, 2.45) is 0 Å². The van der Waals surface area contributed by atoms with E-state index in [0.717, 1.165) is 0 Å². The lowest BCUT2D eigenvalue weighted by Gasteiger charge is -2.17. The quantitative estimate of drug-likeness (QED) is 0.350. The van der Waals surface area contributed by atoms with Gasteiger partial charge in [0.25, 0.3) is 0 Å². The highest BCUT2D eigenvalue weighted by atomic mass is 32.2. The number of aliphatic hydroxyl groups is 2. The van der Waals surface area contributed by atoms with Gasteiger partial charge in [0.1, 0.15) is 12.2 Å². The molecule has 0 rings (SSSR count). The second-order valence-electron chi connectivity index (χ2n) is 1.75. The molecule has 2 unspecified atom stereocenters. The summed E-state index contributed by atoms with van der Waals surface area (Å²) in [5.41, 5.74) is 0. The lowest BCUT2D eigenvalue weighted by molar-refractivity contribution is -0.00972. The van der Waals surface area contributed by atoms with Crippen molar-refractivity contribution in [3.05, 3.63) is 0 Å². The Morgan fingerprint density at radius 2 is 2.18 bits per heavy atom. The van der Waals surface area contributed by atoms with Gasteiger partial charge in [-0.15, -0.1) is 0 Å². The van der Waals surface area contributed by atoms with Gasteiger partial charge < -0.3 is 18.9 Å². The second kappa shape index (κ2) is 7.17. The van der Waals surface area contributed by atoms with E-state index in [1.54, 1.807) is 0 Å². The molecule has 3 N–H and O–H groups in total. The number of hydrogen-bond acceptors (Lipinski definition) is 7. The fourth-order valence-corrected chi connectivity index (χ4v) is 0.908. The van der Waals surface area contributed by atoms with Crippen LogP contribution in [0.15, 0.2) is 0 Å². The summed E-state index contributed by atoms with van der Waals surface area (Å²) >= 11 is 3.48. The van der Waals surface area contributed by atoms with Crippen molar-refractivity contribution < 1.29 is 23.1 Å². The fraction of sp³-hybridized carbons (Fsp3) is 1.00. The summed E-state index contributed by atoms with van der Waals surface area (Å²) in [5, 5.41) is 17.6. The van der Waals surface area contributed by atoms with Crippen molar-refractivity contribution in [1.29, 1.82) is 0 Å². The maximum Gasteiger partial charge on any atom is 0.156 e. The zero-order valence-electron chi connectivity index (χ0n) is 5.58. The zero-order chi connectivity index (χ0) is 8.69. The summed E-state index contributed by atoms with van der Waals surface area (Å²) in [6.07, 6.45) is -1.87. The lowest BCUT2D eigenvalue weighted by atomic mass is 10.2. The highest BCUT2D eigenvalue weighted by molar-refractivity contribution is 7.88. The van der Waals surface area contributed by atoms with E-state index in [2.05, 4.69) is 21.3 Å². The maximum atomic E-state index is 9.06. The zero-order valence-corrected chi connectivity index (χ0v) is 7.29. The Balaban J connectivity index is 3.61. The molecule has 0 aromatic carbocycles. The molecule has 2 atom stereocenters. The minimum atomic E-state index is -1.00. The summed E-state index contributed by atoms with van der Waals surface area (Å²) < 4.78 is 17.0. The van der Waals surface area contributed by atoms with E-state index in [1.807, 2.05) is 0 Å². The molecule has 0 spiro atoms. The van der Waals surface area contributed by atoms with Gasteiger partial charge in [-0.3, -0.25) is 4.18 Å². The van der Waals surface area contributed by atoms with Crippen LogP contribution in [0.25, 0.3) is 0 Å². The predicted molar refractivity (Wildman–Crippen MR) is 43.1 cm³/mol. The molecule has 0 fully saturated rings. The summed E-state index contributed by atoms with van der Waals surface area (Å²) in [4.78, 5) is 0. The van der Waals surface area contributed by atoms with Gasteiger partial charge in [0.05, 0.1) is 13.2 Å². The average Bonchev–Trinajstić information content (AvgIpc) is 2.00. The van der Waals surface area contributed by atoms with E-state index in [0.29, 0.717) is 0 Å². The molecule has 0 aliphatic carbocycles. The van der Waals surface area contributed by atoms with E-state index in [9.17, 15) is 0 Å². The molecule has 0 aromatic heterocycles. The van der Waals surface area contributed by atoms with Gasteiger partial charge in [-0.1, -0.05) is 0 Å². The molecule has 68 valence electrons. The largest absolute Gasteiger partial charge is 0.394 e. The van der Waals surface area contributed by atoms with Crippen LogP contribution in [0.1, 0.15) is 0 Å². The molecule has 0 aromatic rings. The molecular weight excluding hydrogens is 192 g/mol. The first-order valence-electron chi connectivity index (χ1n) is 2.78. The third-order valence-electron chi connectivity index (χ3n) is 1.02. The Bertz CT molecular complexity index is 92.6. The molecule has 0 amide bonds. The Kier molecular flexibility index (Phi) is 7.49. The third-order valence-corrected chi connectivity index (χ3v) is 1.50. The second-order valence-corrected chi connectivity index (χ2v) is 2.35. The Hall–Kier alpha value is 0.500. The van der Waals surface area contributed by atoms with Gasteiger partial charge in [0, 0.05) is 0 Å². The Morgan fingerprint density at radius 3 is 2.55 bits per heavy atom. The van der Waals surface area contributed by atoms with Crippen molar-refractivity contribution in [2.45, 2.75) is 12.2 Å². The van der Waals surface area contributed by atoms with Crippen molar-refractivity contribution in [3.63, 3.8) is 0 Å². The standard InChI is InChI=1S/C4H10O5S2/c5-1-4(9-11-7)3(6)2-8-10/h3-7,10H,1-2H2. The first kappa shape index (κ1) is 11.5. The molecule has 5 nitrogen and oxygen atoms in total. The van der Waals surface area contributed by atoms with Gasteiger partial charge in [0.15, 0.2) is 12.3 Å². The van der Waals surface area contributed by atoms with Crippen LogP contribution in [0.5, 0.6) is 0 Å². The normalized spacial score (nSPS) is 16.4. The maximum absolute atomic E-state index is 9.06. The number of rotatable bonds is 6. The van der Waals surface area contributed by atoms with E-state index >= 15 is 0 Å². The van der Waals surface area contributed by atoms with Crippen LogP contribution in [0.3, 0.4) is 0 Å². The molecule has 0 radical (unpaired) electrons. The highest BCUT2D eigenvalue weighted by Gasteiger charge is 2.19. The molecule has 0 saturated heterocycles. The topological polar surface area (TPSA) is 79.2 Å². The summed E-state index contributed by atoms with van der Waals surface area (Å²) in [6.45, 7) is -0.471. The molecule has 0 aliphatic heterocycles. The summed E-state index contributed by atoms with van der Waals surface area (Å²) in [5.74, 6) is 0. The van der Waals surface area contributed by atoms with E-state index < -0.39 is 18.8 Å². The molecule has 0 saturated carbocycles. The summed E-state index contributed by atoms with van der Waals surface area (Å²) in [6, 6.07) is 0. The van der Waals surface area contributed by atoms with Gasteiger partial charge in [-0.2, -0.15) is 0 Å². The van der Waals surface area contributed by atoms with Crippen molar-refractivity contribution in [2.75, 3.05) is 13.2 Å². The molecule has 11 heavy (non-hydrogen) atoms. The van der Waals surface area contributed by atoms with Crippen LogP contribution in [0.2, 0.25) is 0 Å². The minimum Gasteiger partial charge on any atom is -0.394 e. The summed E-state index contributed by atoms with van der Waals surface area (Å²) in [7, 11) is 0. The predicted octanol–water partition coefficient (Wildman–Crippen LogP) is -0.293. The smallest absolute Gasteiger partial charge is 0.156 e. The highest BCUT2D eigenvalue weighted by Crippen LogP contribution is 2.07. The Morgan fingerprint density at radius 1 is 1.55 bits per heavy atom. The average molecular weight is 202 g/mol. The molecular formula is C4H10O5S2. The number of hydrogen-bond donors (Lipinski definition) is 4. The van der Waals surface area contributed by atoms with Crippen molar-refractivity contribution >= 4 is 25.2 Å². The number of aliphatic hydroxyl groups excluding tert-OH is 2. The van der Waals surface area contributed by atoms with E-state index in [4.69, 9.17) is 14.8 Å². The van der Waals surface area contributed by atoms with Crippen LogP contribution in [-0.2, 0) is 8.37 Å². The monoisotopic (exact) mass is 202 g/mol. The van der Waals surface area contributed by atoms with Crippen molar-refractivity contribution in [1.82, 2.24) is 0 Å². The van der Waals surface area contributed by atoms with Crippen LogP contribution < -0.4 is 0 Å². The van der Waals surface area contributed by atoms with Crippen LogP contribution >= 0.6 is 25.2 Å². The molecule has 7 heteroatoms. The van der Waals surface area contributed by atoms with Gasteiger partial charge in [-0.25, -0.2) is 0 Å². The van der Waals surface area contributed by atoms with E-state index in [1.165, 1.54) is 0 Å². The van der Waals surface area contributed by atoms with Crippen LogP contribution in [0.4, 0.5) is 0 Å². The molecule has 0 heterocycles. The molecule has 0 bridgehead atoms. The fourth-order valence-electron chi connectivity index (χ4n) is 0.455. The number of thiol groups is 1. The van der Waals surface area contributed by atoms with Crippen LogP contribution in [-0.4, -0.2) is 40.2 Å². The third kappa shape index (κ3) is 4.86.